The number of ether oxygens (including phenoxy) is 2. The Hall–Kier alpha value is -3.19. The van der Waals surface area contributed by atoms with E-state index < -0.39 is 48.6 Å². The number of imide groups is 1. The van der Waals surface area contributed by atoms with Crippen molar-refractivity contribution < 1.29 is 29.3 Å². The number of carbonyl (C=O) groups excluding carboxylic acids is 2. The molecule has 2 unspecified atom stereocenters. The van der Waals surface area contributed by atoms with Gasteiger partial charge in [-0.2, -0.15) is 5.01 Å². The first kappa shape index (κ1) is 21.6. The molecule has 5 rings (SSSR count). The normalized spacial score (nSPS) is 32.8. The minimum Gasteiger partial charge on any atom is -0.394 e. The number of rotatable bonds is 6. The number of carbonyl (C=O) groups is 2. The van der Waals surface area contributed by atoms with Gasteiger partial charge in [-0.3, -0.25) is 20.0 Å². The zero-order valence-electron chi connectivity index (χ0n) is 17.8. The van der Waals surface area contributed by atoms with Crippen LogP contribution in [0.2, 0.25) is 0 Å². The number of hydrogen-bond acceptors (Lipinski definition) is 10. The van der Waals surface area contributed by atoms with Crippen LogP contribution in [0.15, 0.2) is 34.3 Å². The van der Waals surface area contributed by atoms with Crippen molar-refractivity contribution in [3.8, 4) is 0 Å². The molecule has 0 saturated carbocycles. The highest BCUT2D eigenvalue weighted by molar-refractivity contribution is 6.21. The van der Waals surface area contributed by atoms with Gasteiger partial charge in [0.05, 0.1) is 24.1 Å². The molecular formula is C21H24N6O6. The third kappa shape index (κ3) is 3.25. The molecule has 6 atom stereocenters. The van der Waals surface area contributed by atoms with E-state index >= 15 is 0 Å². The number of aliphatic hydroxyl groups excluding tert-OH is 2. The fourth-order valence-corrected chi connectivity index (χ4v) is 4.56. The summed E-state index contributed by atoms with van der Waals surface area (Å²) in [7, 11) is 0. The van der Waals surface area contributed by atoms with Crippen molar-refractivity contribution in [2.24, 2.45) is 9.98 Å². The monoisotopic (exact) mass is 456 g/mol. The number of hydrogen-bond donors (Lipinski definition) is 3. The van der Waals surface area contributed by atoms with Crippen molar-refractivity contribution >= 4 is 30.3 Å². The van der Waals surface area contributed by atoms with Gasteiger partial charge >= 0.3 is 0 Å². The summed E-state index contributed by atoms with van der Waals surface area (Å²) >= 11 is 0. The zero-order valence-corrected chi connectivity index (χ0v) is 17.8. The summed E-state index contributed by atoms with van der Waals surface area (Å²) in [5.41, 5.74) is 0.535. The van der Waals surface area contributed by atoms with Crippen LogP contribution in [0.1, 0.15) is 34.1 Å². The van der Waals surface area contributed by atoms with E-state index in [2.05, 4.69) is 9.98 Å². The predicted molar refractivity (Wildman–Crippen MR) is 115 cm³/mol. The lowest BCUT2D eigenvalue weighted by Crippen LogP contribution is -2.64. The van der Waals surface area contributed by atoms with Gasteiger partial charge in [0.1, 0.15) is 24.7 Å². The topological polar surface area (TPSA) is 151 Å². The van der Waals surface area contributed by atoms with E-state index in [4.69, 9.17) is 14.9 Å². The van der Waals surface area contributed by atoms with Crippen molar-refractivity contribution in [2.75, 3.05) is 13.2 Å². The Labute approximate surface area is 189 Å². The van der Waals surface area contributed by atoms with E-state index in [1.54, 1.807) is 24.3 Å². The van der Waals surface area contributed by atoms with Crippen LogP contribution in [0.3, 0.4) is 0 Å². The average molecular weight is 456 g/mol. The zero-order chi connectivity index (χ0) is 23.3. The van der Waals surface area contributed by atoms with Gasteiger partial charge in [0.15, 0.2) is 24.3 Å². The summed E-state index contributed by atoms with van der Waals surface area (Å²) in [6.07, 6.45) is -1.15. The molecule has 4 aliphatic rings. The van der Waals surface area contributed by atoms with Crippen molar-refractivity contribution in [3.63, 3.8) is 0 Å². The molecule has 12 heteroatoms. The van der Waals surface area contributed by atoms with Gasteiger partial charge in [-0.1, -0.05) is 19.1 Å². The van der Waals surface area contributed by atoms with Gasteiger partial charge in [0, 0.05) is 6.61 Å². The Morgan fingerprint density at radius 1 is 1.18 bits per heavy atom. The number of hydrazine groups is 1. The fourth-order valence-electron chi connectivity index (χ4n) is 4.56. The van der Waals surface area contributed by atoms with E-state index in [0.717, 1.165) is 11.4 Å². The number of fused-ring (bicyclic) bond motifs is 2. The average Bonchev–Trinajstić information content (AvgIpc) is 3.47. The highest BCUT2D eigenvalue weighted by Gasteiger charge is 2.55. The first-order valence-corrected chi connectivity index (χ1v) is 10.7. The molecule has 12 nitrogen and oxygen atoms in total. The molecule has 1 saturated heterocycles. The molecule has 1 fully saturated rings. The maximum atomic E-state index is 13.1. The molecule has 2 amide bonds. The van der Waals surface area contributed by atoms with Crippen LogP contribution in [-0.4, -0.2) is 105 Å². The minimum absolute atomic E-state index is 0.0587. The second-order valence-electron chi connectivity index (χ2n) is 8.12. The Bertz CT molecular complexity index is 1010. The van der Waals surface area contributed by atoms with E-state index in [1.807, 2.05) is 6.92 Å². The summed E-state index contributed by atoms with van der Waals surface area (Å²) in [6, 6.07) is 5.68. The number of nitrogens with zero attached hydrogens (tertiary/aromatic N) is 5. The second-order valence-corrected chi connectivity index (χ2v) is 8.12. The summed E-state index contributed by atoms with van der Waals surface area (Å²) in [6.45, 7) is 1.95. The lowest BCUT2D eigenvalue weighted by atomic mass is 10.1. The quantitative estimate of drug-likeness (QED) is 0.482. The van der Waals surface area contributed by atoms with Gasteiger partial charge in [-0.15, -0.1) is 0 Å². The van der Waals surface area contributed by atoms with Crippen molar-refractivity contribution in [3.05, 3.63) is 35.4 Å². The number of benzene rings is 1. The van der Waals surface area contributed by atoms with Crippen LogP contribution < -0.4 is 0 Å². The molecule has 0 aromatic heterocycles. The first-order chi connectivity index (χ1) is 16.0. The largest absolute Gasteiger partial charge is 0.394 e. The maximum Gasteiger partial charge on any atom is 0.280 e. The van der Waals surface area contributed by atoms with Crippen LogP contribution in [0, 0.1) is 5.41 Å². The number of nitrogens with one attached hydrogen (secondary N) is 1. The molecule has 1 aromatic carbocycles. The smallest absolute Gasteiger partial charge is 0.280 e. The van der Waals surface area contributed by atoms with E-state index in [1.165, 1.54) is 22.6 Å². The Kier molecular flexibility index (Phi) is 5.44. The Balaban J connectivity index is 1.47. The van der Waals surface area contributed by atoms with Crippen LogP contribution in [-0.2, 0) is 9.47 Å². The van der Waals surface area contributed by atoms with Gasteiger partial charge in [0.2, 0.25) is 0 Å². The number of amidine groups is 1. The minimum atomic E-state index is -1.14. The highest BCUT2D eigenvalue weighted by atomic mass is 16.6. The molecule has 0 radical (unpaired) electrons. The molecule has 4 aliphatic heterocycles. The summed E-state index contributed by atoms with van der Waals surface area (Å²) < 4.78 is 11.6. The van der Waals surface area contributed by atoms with Crippen molar-refractivity contribution in [1.29, 1.82) is 5.41 Å². The number of aliphatic imine (C=N–C) groups is 2. The van der Waals surface area contributed by atoms with Gasteiger partial charge in [-0.25, -0.2) is 10.0 Å². The van der Waals surface area contributed by atoms with Crippen LogP contribution in [0.5, 0.6) is 0 Å². The number of amides is 2. The van der Waals surface area contributed by atoms with Crippen LogP contribution in [0.4, 0.5) is 0 Å². The molecule has 0 spiro atoms. The fraction of sp³-hybridized carbons (Fsp3) is 0.476. The van der Waals surface area contributed by atoms with Crippen molar-refractivity contribution in [2.45, 2.75) is 50.1 Å². The van der Waals surface area contributed by atoms with E-state index in [0.29, 0.717) is 6.61 Å². The molecule has 174 valence electrons. The first-order valence-electron chi connectivity index (χ1n) is 10.7. The molecular weight excluding hydrogens is 432 g/mol. The lowest BCUT2D eigenvalue weighted by molar-refractivity contribution is -0.107. The maximum absolute atomic E-state index is 13.1. The molecule has 0 bridgehead atoms. The van der Waals surface area contributed by atoms with Gasteiger partial charge < -0.3 is 24.6 Å². The molecule has 4 heterocycles. The summed E-state index contributed by atoms with van der Waals surface area (Å²) in [5.74, 6) is -1.10. The van der Waals surface area contributed by atoms with Crippen LogP contribution >= 0.6 is 0 Å². The van der Waals surface area contributed by atoms with Gasteiger partial charge in [-0.05, 0) is 18.6 Å². The Morgan fingerprint density at radius 2 is 1.88 bits per heavy atom. The Morgan fingerprint density at radius 3 is 2.52 bits per heavy atom. The van der Waals surface area contributed by atoms with E-state index in [9.17, 15) is 19.8 Å². The third-order valence-electron chi connectivity index (χ3n) is 6.12. The molecule has 3 N–H and O–H groups in total. The summed E-state index contributed by atoms with van der Waals surface area (Å²) in [4.78, 5) is 36.1. The molecule has 1 aromatic rings. The highest BCUT2D eigenvalue weighted by Crippen LogP contribution is 2.34. The third-order valence-corrected chi connectivity index (χ3v) is 6.12. The summed E-state index contributed by atoms with van der Waals surface area (Å²) in [5, 5.41) is 31.2. The molecule has 0 aliphatic carbocycles. The van der Waals surface area contributed by atoms with Gasteiger partial charge in [0.25, 0.3) is 11.8 Å². The SMILES string of the molecule is CCCO[C@H]1[C@@H](O)[C@H](N2C=NC3C(=N)N=CN(N4C(=O)c5ccccc5C4=O)C32)O[C@@H]1CO. The second kappa shape index (κ2) is 8.30. The standard InChI is InChI=1S/C21H24N6O6/c1-2-7-32-16-13(8-28)33-21(15(16)29)25-9-23-14-17(22)24-10-26(18(14)25)27-19(30)11-5-3-4-6-12(11)20(27)31/h3-6,9-10,13-16,18,21-22,28-29H,2,7-8H2,1H3/t13-,14?,15-,16-,18?,21-/m1/s1. The van der Waals surface area contributed by atoms with Crippen molar-refractivity contribution in [1.82, 2.24) is 14.9 Å². The lowest BCUT2D eigenvalue weighted by Gasteiger charge is -2.43. The number of aliphatic hydroxyl groups is 2. The predicted octanol–water partition coefficient (Wildman–Crippen LogP) is -0.569. The van der Waals surface area contributed by atoms with E-state index in [-0.39, 0.29) is 23.6 Å². The molecule has 33 heavy (non-hydrogen) atoms. The van der Waals surface area contributed by atoms with Crippen LogP contribution in [0.25, 0.3) is 0 Å².